The van der Waals surface area contributed by atoms with Crippen molar-refractivity contribution >= 4 is 29.5 Å². The number of carbonyl (C=O) groups excluding carboxylic acids is 3. The molecule has 2 heterocycles. The molecule has 270 valence electrons. The molecular weight excluding hydrogens is 636 g/mol. The van der Waals surface area contributed by atoms with Crippen molar-refractivity contribution in [1.29, 1.82) is 0 Å². The Balaban J connectivity index is 2.79. The van der Waals surface area contributed by atoms with Crippen molar-refractivity contribution in [2.45, 2.75) is 119 Å². The molecule has 0 saturated carbocycles. The van der Waals surface area contributed by atoms with Crippen LogP contribution < -0.4 is 16.8 Å². The fraction of sp³-hybridized carbons (Fsp3) is 0.815. The molecule has 2 saturated heterocycles. The second-order valence-corrected chi connectivity index (χ2v) is 11.9. The molecule has 0 spiro atoms. The van der Waals surface area contributed by atoms with E-state index < -0.39 is 140 Å². The number of aliphatic hydroxyl groups is 6. The Morgan fingerprint density at radius 1 is 0.979 bits per heavy atom. The van der Waals surface area contributed by atoms with Crippen LogP contribution in [0.5, 0.6) is 0 Å². The van der Waals surface area contributed by atoms with Crippen LogP contribution in [0.25, 0.3) is 0 Å². The van der Waals surface area contributed by atoms with Crippen LogP contribution in [0, 0.1) is 0 Å². The number of hydrogen-bond donors (Lipinski definition) is 11. The molecule has 0 bridgehead atoms. The van der Waals surface area contributed by atoms with Gasteiger partial charge in [0.05, 0.1) is 25.4 Å². The van der Waals surface area contributed by atoms with E-state index in [9.17, 15) is 64.8 Å². The number of ketones is 1. The van der Waals surface area contributed by atoms with Crippen molar-refractivity contribution in [3.63, 3.8) is 0 Å². The van der Waals surface area contributed by atoms with E-state index >= 15 is 0 Å². The van der Waals surface area contributed by atoms with Gasteiger partial charge in [-0.25, -0.2) is 4.79 Å². The number of amides is 2. The highest BCUT2D eigenvalue weighted by atomic mass is 16.6. The van der Waals surface area contributed by atoms with Crippen LogP contribution in [-0.4, -0.2) is 173 Å². The number of nitrogens with two attached hydrogens (primary N) is 2. The summed E-state index contributed by atoms with van der Waals surface area (Å²) in [6, 6.07) is -2.94. The first-order valence-corrected chi connectivity index (χ1v) is 14.7. The lowest BCUT2D eigenvalue weighted by atomic mass is 9.67. The zero-order valence-corrected chi connectivity index (χ0v) is 26.3. The highest BCUT2D eigenvalue weighted by Gasteiger charge is 2.68. The molecule has 2 rings (SSSR count). The minimum absolute atomic E-state index is 0.542. The van der Waals surface area contributed by atoms with Crippen molar-refractivity contribution in [3.05, 3.63) is 0 Å². The monoisotopic (exact) mass is 682 g/mol. The summed E-state index contributed by atoms with van der Waals surface area (Å²) >= 11 is 0. The SMILES string of the molecule is CC(=O)N[C@@H]1[C@@H](OC(C)CN(C(=O)[C@H](C)N)[C@](CCC(=O)O)(C(=O)O)C2O[C@H](CO)[C@@H](O)[C@H](O)[C@]2(N)C(C)=O)[C@H](O)[C@@H](CO)O[C@@H]1O. The lowest BCUT2D eigenvalue weighted by molar-refractivity contribution is -0.270. The Morgan fingerprint density at radius 2 is 1.53 bits per heavy atom. The third kappa shape index (κ3) is 8.05. The molecule has 2 aliphatic rings. The van der Waals surface area contributed by atoms with Crippen molar-refractivity contribution in [2.75, 3.05) is 19.8 Å². The van der Waals surface area contributed by atoms with Crippen LogP contribution in [0.15, 0.2) is 0 Å². The maximum atomic E-state index is 13.8. The highest BCUT2D eigenvalue weighted by molar-refractivity contribution is 5.94. The predicted molar refractivity (Wildman–Crippen MR) is 154 cm³/mol. The fourth-order valence-corrected chi connectivity index (χ4v) is 6.00. The number of carboxylic acids is 2. The molecule has 20 nitrogen and oxygen atoms in total. The molecule has 13 N–H and O–H groups in total. The quantitative estimate of drug-likeness (QED) is 0.0765. The lowest BCUT2D eigenvalue weighted by Gasteiger charge is -2.56. The smallest absolute Gasteiger partial charge is 0.332 e. The van der Waals surface area contributed by atoms with Gasteiger partial charge in [0.1, 0.15) is 54.3 Å². The summed E-state index contributed by atoms with van der Waals surface area (Å²) in [5.74, 6) is -6.50. The van der Waals surface area contributed by atoms with Gasteiger partial charge in [-0.3, -0.25) is 19.2 Å². The number of aliphatic carboxylic acids is 2. The van der Waals surface area contributed by atoms with E-state index in [2.05, 4.69) is 5.32 Å². The molecule has 2 amide bonds. The van der Waals surface area contributed by atoms with Crippen molar-refractivity contribution in [1.82, 2.24) is 10.2 Å². The molecule has 20 heteroatoms. The second kappa shape index (κ2) is 16.0. The zero-order valence-electron chi connectivity index (χ0n) is 26.3. The van der Waals surface area contributed by atoms with Gasteiger partial charge >= 0.3 is 11.9 Å². The standard InChI is InChI=1S/C27H46N4O16/c1-10(45-20-17(30-13(4)35)23(42)46-14(8-32)18(20)38)7-31(22(41)11(2)28)26(25(43)44,6-5-16(36)37)24-27(29,12(3)34)21(40)19(39)15(9-33)47-24/h10-11,14-15,17-21,23-24,32-33,38-40,42H,5-9,28-29H2,1-4H3,(H,30,35)(H,36,37)(H,43,44)/t10?,11-,14+,15+,17+,18+,19+,20+,21-,23-,24?,26-,27+/m0/s1. The molecular formula is C27H46N4O16. The van der Waals surface area contributed by atoms with Gasteiger partial charge in [0, 0.05) is 19.9 Å². The van der Waals surface area contributed by atoms with E-state index in [1.165, 1.54) is 13.8 Å². The number of ether oxygens (including phenoxy) is 3. The van der Waals surface area contributed by atoms with Gasteiger partial charge in [-0.05, 0) is 27.2 Å². The topological polar surface area (TPSA) is 342 Å². The van der Waals surface area contributed by atoms with E-state index in [0.29, 0.717) is 4.90 Å². The second-order valence-electron chi connectivity index (χ2n) is 11.9. The molecule has 13 atom stereocenters. The van der Waals surface area contributed by atoms with Gasteiger partial charge in [0.2, 0.25) is 11.8 Å². The van der Waals surface area contributed by atoms with Crippen molar-refractivity contribution in [2.24, 2.45) is 11.5 Å². The first-order chi connectivity index (χ1) is 21.7. The summed E-state index contributed by atoms with van der Waals surface area (Å²) < 4.78 is 16.8. The third-order valence-electron chi connectivity index (χ3n) is 8.46. The summed E-state index contributed by atoms with van der Waals surface area (Å²) in [6.45, 7) is 1.73. The Bertz CT molecular complexity index is 1160. The van der Waals surface area contributed by atoms with Crippen LogP contribution >= 0.6 is 0 Å². The van der Waals surface area contributed by atoms with Gasteiger partial charge < -0.3 is 76.7 Å². The number of nitrogens with zero attached hydrogens (tertiary/aromatic N) is 1. The summed E-state index contributed by atoms with van der Waals surface area (Å²) in [7, 11) is 0. The molecule has 0 aliphatic carbocycles. The normalized spacial score (nSPS) is 35.2. The third-order valence-corrected chi connectivity index (χ3v) is 8.46. The van der Waals surface area contributed by atoms with E-state index in [1.54, 1.807) is 0 Å². The Morgan fingerprint density at radius 3 is 1.98 bits per heavy atom. The number of hydrogen-bond acceptors (Lipinski definition) is 16. The fourth-order valence-electron chi connectivity index (χ4n) is 6.00. The summed E-state index contributed by atoms with van der Waals surface area (Å²) in [5.41, 5.74) is 6.45. The molecule has 0 aromatic rings. The van der Waals surface area contributed by atoms with Crippen LogP contribution in [0.2, 0.25) is 0 Å². The Kier molecular flexibility index (Phi) is 13.7. The molecule has 2 fully saturated rings. The average Bonchev–Trinajstić information content (AvgIpc) is 2.98. The van der Waals surface area contributed by atoms with E-state index in [-0.39, 0.29) is 0 Å². The van der Waals surface area contributed by atoms with Crippen LogP contribution in [0.1, 0.15) is 40.5 Å². The largest absolute Gasteiger partial charge is 0.481 e. The predicted octanol–water partition coefficient (Wildman–Crippen LogP) is -6.03. The van der Waals surface area contributed by atoms with Crippen molar-refractivity contribution < 1.29 is 79.0 Å². The number of carbonyl (C=O) groups is 5. The maximum absolute atomic E-state index is 13.8. The Hall–Kier alpha value is -2.89. The summed E-state index contributed by atoms with van der Waals surface area (Å²) in [5, 5.41) is 85.2. The molecule has 0 radical (unpaired) electrons. The van der Waals surface area contributed by atoms with Gasteiger partial charge in [0.15, 0.2) is 17.6 Å². The van der Waals surface area contributed by atoms with Gasteiger partial charge in [0.25, 0.3) is 0 Å². The lowest BCUT2D eigenvalue weighted by Crippen LogP contribution is -2.83. The average molecular weight is 683 g/mol. The van der Waals surface area contributed by atoms with Gasteiger partial charge in [-0.15, -0.1) is 0 Å². The van der Waals surface area contributed by atoms with E-state index in [1.807, 2.05) is 0 Å². The van der Waals surface area contributed by atoms with Crippen LogP contribution in [-0.2, 0) is 38.2 Å². The van der Waals surface area contributed by atoms with E-state index in [0.717, 1.165) is 13.8 Å². The molecule has 2 aliphatic heterocycles. The summed E-state index contributed by atoms with van der Waals surface area (Å²) in [4.78, 5) is 64.5. The highest BCUT2D eigenvalue weighted by Crippen LogP contribution is 2.41. The maximum Gasteiger partial charge on any atom is 0.332 e. The number of nitrogens with one attached hydrogen (secondary N) is 1. The molecule has 0 aromatic carbocycles. The number of aliphatic hydroxyl groups excluding tert-OH is 6. The van der Waals surface area contributed by atoms with E-state index in [4.69, 9.17) is 25.7 Å². The minimum atomic E-state index is -2.96. The minimum Gasteiger partial charge on any atom is -0.481 e. The van der Waals surface area contributed by atoms with Gasteiger partial charge in [-0.1, -0.05) is 0 Å². The Labute approximate surface area is 269 Å². The van der Waals surface area contributed by atoms with Crippen LogP contribution in [0.4, 0.5) is 0 Å². The summed E-state index contributed by atoms with van der Waals surface area (Å²) in [6.07, 6.45) is -18.2. The zero-order chi connectivity index (χ0) is 36.2. The molecule has 2 unspecified atom stereocenters. The number of rotatable bonds is 15. The molecule has 47 heavy (non-hydrogen) atoms. The number of carboxylic acid groups (broad SMARTS) is 2. The first kappa shape index (κ1) is 40.3. The van der Waals surface area contributed by atoms with Gasteiger partial charge in [-0.2, -0.15) is 0 Å². The molecule has 0 aromatic heterocycles. The first-order valence-electron chi connectivity index (χ1n) is 14.7. The number of Topliss-reactive ketones (excluding diaryl/α,β-unsaturated/α-hetero) is 1. The van der Waals surface area contributed by atoms with Crippen LogP contribution in [0.3, 0.4) is 0 Å². The van der Waals surface area contributed by atoms with Crippen molar-refractivity contribution in [3.8, 4) is 0 Å².